The van der Waals surface area contributed by atoms with Gasteiger partial charge in [-0.1, -0.05) is 12.1 Å². The Morgan fingerprint density at radius 2 is 1.82 bits per heavy atom. The maximum Gasteiger partial charge on any atom is 0.335 e. The van der Waals surface area contributed by atoms with Crippen LogP contribution in [0.15, 0.2) is 41.2 Å². The Kier molecular flexibility index (Phi) is 4.73. The molecule has 6 heteroatoms. The molecule has 1 aromatic heterocycles. The predicted molar refractivity (Wildman–Crippen MR) is 81.2 cm³/mol. The third-order valence-corrected chi connectivity index (χ3v) is 3.20. The highest BCUT2D eigenvalue weighted by Crippen LogP contribution is 2.05. The second-order valence-corrected chi connectivity index (χ2v) is 4.89. The molecule has 0 saturated heterocycles. The molecule has 3 N–H and O–H groups in total. The lowest BCUT2D eigenvalue weighted by atomic mass is 10.1. The molecule has 114 valence electrons. The number of carbonyl (C=O) groups excluding carboxylic acids is 1. The van der Waals surface area contributed by atoms with E-state index < -0.39 is 17.4 Å². The van der Waals surface area contributed by atoms with Crippen LogP contribution in [0.3, 0.4) is 0 Å². The van der Waals surface area contributed by atoms with Gasteiger partial charge < -0.3 is 15.4 Å². The van der Waals surface area contributed by atoms with Crippen LogP contribution in [0, 0.1) is 6.92 Å². The molecule has 0 aliphatic rings. The molecule has 0 aliphatic heterocycles. The van der Waals surface area contributed by atoms with Crippen LogP contribution in [0.25, 0.3) is 0 Å². The van der Waals surface area contributed by atoms with Gasteiger partial charge in [0.1, 0.15) is 5.56 Å². The van der Waals surface area contributed by atoms with Crippen molar-refractivity contribution in [2.24, 2.45) is 0 Å². The summed E-state index contributed by atoms with van der Waals surface area (Å²) < 4.78 is 0. The Bertz CT molecular complexity index is 747. The first-order chi connectivity index (χ1) is 10.5. The highest BCUT2D eigenvalue weighted by atomic mass is 16.4. The van der Waals surface area contributed by atoms with Crippen molar-refractivity contribution in [2.75, 3.05) is 6.54 Å². The smallest absolute Gasteiger partial charge is 0.335 e. The fourth-order valence-electron chi connectivity index (χ4n) is 1.98. The lowest BCUT2D eigenvalue weighted by Gasteiger charge is -2.05. The zero-order chi connectivity index (χ0) is 16.1. The SMILES string of the molecule is Cc1ccc(C(=O)NCCc2ccc(C(=O)O)cc2)c(=O)[nH]1. The van der Waals surface area contributed by atoms with E-state index >= 15 is 0 Å². The standard InChI is InChI=1S/C16H16N2O4/c1-10-2-7-13(15(20)18-10)14(19)17-9-8-11-3-5-12(6-4-11)16(21)22/h2-7H,8-9H2,1H3,(H,17,19)(H,18,20)(H,21,22). The van der Waals surface area contributed by atoms with Crippen LogP contribution in [0.2, 0.25) is 0 Å². The molecular weight excluding hydrogens is 284 g/mol. The predicted octanol–water partition coefficient (Wildman–Crippen LogP) is 1.35. The Labute approximate surface area is 126 Å². The second kappa shape index (κ2) is 6.71. The van der Waals surface area contributed by atoms with Crippen LogP contribution in [-0.2, 0) is 6.42 Å². The molecule has 2 rings (SSSR count). The molecule has 22 heavy (non-hydrogen) atoms. The summed E-state index contributed by atoms with van der Waals surface area (Å²) in [5.74, 6) is -1.40. The number of amides is 1. The number of rotatable bonds is 5. The maximum atomic E-state index is 11.9. The molecule has 0 radical (unpaired) electrons. The van der Waals surface area contributed by atoms with E-state index in [-0.39, 0.29) is 11.1 Å². The normalized spacial score (nSPS) is 10.2. The van der Waals surface area contributed by atoms with Crippen molar-refractivity contribution in [1.82, 2.24) is 10.3 Å². The summed E-state index contributed by atoms with van der Waals surface area (Å²) in [6.45, 7) is 2.10. The van der Waals surface area contributed by atoms with Gasteiger partial charge in [-0.25, -0.2) is 4.79 Å². The largest absolute Gasteiger partial charge is 0.478 e. The van der Waals surface area contributed by atoms with Crippen LogP contribution in [0.1, 0.15) is 32.0 Å². The summed E-state index contributed by atoms with van der Waals surface area (Å²) in [5, 5.41) is 11.5. The molecular formula is C16H16N2O4. The quantitative estimate of drug-likeness (QED) is 0.776. The molecule has 2 aromatic rings. The Morgan fingerprint density at radius 1 is 1.14 bits per heavy atom. The molecule has 0 aliphatic carbocycles. The number of hydrogen-bond donors (Lipinski definition) is 3. The fraction of sp³-hybridized carbons (Fsp3) is 0.188. The first kappa shape index (κ1) is 15.5. The number of benzene rings is 1. The summed E-state index contributed by atoms with van der Waals surface area (Å²) in [7, 11) is 0. The van der Waals surface area contributed by atoms with E-state index in [1.165, 1.54) is 18.2 Å². The van der Waals surface area contributed by atoms with Crippen molar-refractivity contribution in [3.8, 4) is 0 Å². The van der Waals surface area contributed by atoms with Crippen molar-refractivity contribution < 1.29 is 14.7 Å². The molecule has 0 bridgehead atoms. The van der Waals surface area contributed by atoms with Gasteiger partial charge >= 0.3 is 5.97 Å². The number of carbonyl (C=O) groups is 2. The van der Waals surface area contributed by atoms with Gasteiger partial charge in [0.15, 0.2) is 0 Å². The zero-order valence-corrected chi connectivity index (χ0v) is 12.1. The Hall–Kier alpha value is -2.89. The highest BCUT2D eigenvalue weighted by Gasteiger charge is 2.09. The van der Waals surface area contributed by atoms with Gasteiger partial charge in [0.25, 0.3) is 11.5 Å². The molecule has 0 unspecified atom stereocenters. The van der Waals surface area contributed by atoms with Gasteiger partial charge in [0.05, 0.1) is 5.56 Å². The van der Waals surface area contributed by atoms with Gasteiger partial charge in [0, 0.05) is 12.2 Å². The summed E-state index contributed by atoms with van der Waals surface area (Å²) in [4.78, 5) is 36.9. The second-order valence-electron chi connectivity index (χ2n) is 4.89. The van der Waals surface area contributed by atoms with Crippen LogP contribution in [-0.4, -0.2) is 28.5 Å². The van der Waals surface area contributed by atoms with E-state index in [2.05, 4.69) is 10.3 Å². The molecule has 0 fully saturated rings. The first-order valence-corrected chi connectivity index (χ1v) is 6.78. The zero-order valence-electron chi connectivity index (χ0n) is 12.1. The summed E-state index contributed by atoms with van der Waals surface area (Å²) in [6.07, 6.45) is 0.551. The summed E-state index contributed by atoms with van der Waals surface area (Å²) in [6, 6.07) is 9.60. The lowest BCUT2D eigenvalue weighted by molar-refractivity contribution is 0.0696. The minimum atomic E-state index is -0.974. The van der Waals surface area contributed by atoms with Crippen LogP contribution in [0.5, 0.6) is 0 Å². The number of nitrogens with one attached hydrogen (secondary N) is 2. The van der Waals surface area contributed by atoms with E-state index in [1.807, 2.05) is 0 Å². The number of aromatic carboxylic acids is 1. The van der Waals surface area contributed by atoms with E-state index in [0.717, 1.165) is 5.56 Å². The van der Waals surface area contributed by atoms with Crippen molar-refractivity contribution in [3.05, 3.63) is 69.1 Å². The number of pyridine rings is 1. The van der Waals surface area contributed by atoms with Gasteiger partial charge in [0.2, 0.25) is 0 Å². The van der Waals surface area contributed by atoms with Crippen LogP contribution >= 0.6 is 0 Å². The van der Waals surface area contributed by atoms with E-state index in [9.17, 15) is 14.4 Å². The van der Waals surface area contributed by atoms with Crippen LogP contribution in [0.4, 0.5) is 0 Å². The number of carboxylic acids is 1. The van der Waals surface area contributed by atoms with Crippen molar-refractivity contribution in [2.45, 2.75) is 13.3 Å². The van der Waals surface area contributed by atoms with E-state index in [4.69, 9.17) is 5.11 Å². The molecule has 1 heterocycles. The third kappa shape index (κ3) is 3.82. The summed E-state index contributed by atoms with van der Waals surface area (Å²) >= 11 is 0. The molecule has 1 aromatic carbocycles. The number of hydrogen-bond acceptors (Lipinski definition) is 3. The molecule has 1 amide bonds. The van der Waals surface area contributed by atoms with E-state index in [0.29, 0.717) is 18.7 Å². The number of aryl methyl sites for hydroxylation is 1. The number of aromatic nitrogens is 1. The van der Waals surface area contributed by atoms with Crippen molar-refractivity contribution in [1.29, 1.82) is 0 Å². The molecule has 0 saturated carbocycles. The van der Waals surface area contributed by atoms with Gasteiger partial charge in [-0.2, -0.15) is 0 Å². The summed E-state index contributed by atoms with van der Waals surface area (Å²) in [5.41, 5.74) is 1.48. The van der Waals surface area contributed by atoms with Gasteiger partial charge in [-0.05, 0) is 43.2 Å². The molecule has 0 spiro atoms. The average molecular weight is 300 g/mol. The topological polar surface area (TPSA) is 99.3 Å². The maximum absolute atomic E-state index is 11.9. The number of carboxylic acid groups (broad SMARTS) is 1. The third-order valence-electron chi connectivity index (χ3n) is 3.20. The molecule has 6 nitrogen and oxygen atoms in total. The Morgan fingerprint density at radius 3 is 2.41 bits per heavy atom. The monoisotopic (exact) mass is 300 g/mol. The van der Waals surface area contributed by atoms with Crippen molar-refractivity contribution >= 4 is 11.9 Å². The first-order valence-electron chi connectivity index (χ1n) is 6.78. The highest BCUT2D eigenvalue weighted by molar-refractivity contribution is 5.93. The minimum Gasteiger partial charge on any atom is -0.478 e. The number of H-pyrrole nitrogens is 1. The lowest BCUT2D eigenvalue weighted by Crippen LogP contribution is -2.31. The van der Waals surface area contributed by atoms with Crippen LogP contribution < -0.4 is 10.9 Å². The van der Waals surface area contributed by atoms with Gasteiger partial charge in [-0.3, -0.25) is 9.59 Å². The minimum absolute atomic E-state index is 0.0758. The Balaban J connectivity index is 1.91. The van der Waals surface area contributed by atoms with Gasteiger partial charge in [-0.15, -0.1) is 0 Å². The van der Waals surface area contributed by atoms with Crippen molar-refractivity contribution in [3.63, 3.8) is 0 Å². The fourth-order valence-corrected chi connectivity index (χ4v) is 1.98. The average Bonchev–Trinajstić information content (AvgIpc) is 2.47. The molecule has 0 atom stereocenters. The number of aromatic amines is 1. The van der Waals surface area contributed by atoms with E-state index in [1.54, 1.807) is 25.1 Å².